The average molecular weight is 620 g/mol. The van der Waals surface area contributed by atoms with E-state index in [4.69, 9.17) is 48.6 Å². The zero-order valence-electron chi connectivity index (χ0n) is 23.4. The number of halogens is 2. The fourth-order valence-electron chi connectivity index (χ4n) is 2.51. The molecule has 2 atom stereocenters. The van der Waals surface area contributed by atoms with Crippen LogP contribution in [-0.2, 0) is 23.8 Å². The number of carbonyl (C=O) groups excluding carboxylic acids is 2. The molecule has 0 amide bonds. The number of carbonyl (C=O) groups is 4. The molecule has 0 saturated heterocycles. The van der Waals surface area contributed by atoms with Crippen molar-refractivity contribution in [3.8, 4) is 0 Å². The van der Waals surface area contributed by atoms with Crippen molar-refractivity contribution < 1.29 is 43.6 Å². The smallest absolute Gasteiger partial charge is 0.480 e. The van der Waals surface area contributed by atoms with Crippen molar-refractivity contribution in [2.45, 2.75) is 72.3 Å². The van der Waals surface area contributed by atoms with E-state index >= 15 is 0 Å². The van der Waals surface area contributed by atoms with Gasteiger partial charge in [0.05, 0.1) is 0 Å². The molecule has 0 heterocycles. The van der Waals surface area contributed by atoms with Crippen LogP contribution in [-0.4, -0.2) is 52.7 Å². The number of aliphatic carboxylic acids is 2. The molecule has 0 aliphatic rings. The summed E-state index contributed by atoms with van der Waals surface area (Å²) in [5.74, 6) is -1.94. The second-order valence-corrected chi connectivity index (χ2v) is 10.9. The second-order valence-electron chi connectivity index (χ2n) is 10.0. The largest absolute Gasteiger partial charge is 0.519 e. The Labute approximate surface area is 250 Å². The van der Waals surface area contributed by atoms with Gasteiger partial charge in [-0.25, -0.2) is 9.59 Å². The van der Waals surface area contributed by atoms with Crippen LogP contribution >= 0.6 is 23.2 Å². The van der Waals surface area contributed by atoms with Crippen LogP contribution in [0.5, 0.6) is 0 Å². The van der Waals surface area contributed by atoms with E-state index in [1.807, 2.05) is 0 Å². The minimum absolute atomic E-state index is 0. The minimum atomic E-state index is -1.06. The van der Waals surface area contributed by atoms with Gasteiger partial charge < -0.3 is 35.5 Å². The topological polar surface area (TPSA) is 174 Å². The Morgan fingerprint density at radius 1 is 0.732 bits per heavy atom. The first-order chi connectivity index (χ1) is 18.3. The summed E-state index contributed by atoms with van der Waals surface area (Å²) in [5, 5.41) is 21.2. The van der Waals surface area contributed by atoms with Gasteiger partial charge in [0.15, 0.2) is 0 Å². The normalized spacial score (nSPS) is 12.0. The van der Waals surface area contributed by atoms with Gasteiger partial charge >= 0.3 is 24.2 Å². The van der Waals surface area contributed by atoms with Crippen LogP contribution in [0.3, 0.4) is 0 Å². The maximum Gasteiger partial charge on any atom is 0.519 e. The first kappa shape index (κ1) is 39.8. The highest BCUT2D eigenvalue weighted by molar-refractivity contribution is 6.30. The van der Waals surface area contributed by atoms with Gasteiger partial charge in [0.1, 0.15) is 23.3 Å². The number of rotatable bonds is 5. The van der Waals surface area contributed by atoms with Crippen LogP contribution in [0, 0.1) is 0 Å². The molecule has 11 nitrogen and oxygen atoms in total. The van der Waals surface area contributed by atoms with Gasteiger partial charge in [-0.1, -0.05) is 54.9 Å². The molecule has 0 aliphatic carbocycles. The number of ether oxygens (including phenoxy) is 3. The third-order valence-corrected chi connectivity index (χ3v) is 4.68. The first-order valence-electron chi connectivity index (χ1n) is 11.8. The molecule has 230 valence electrons. The summed E-state index contributed by atoms with van der Waals surface area (Å²) in [6.07, 6.45) is -2.12. The molecular weight excluding hydrogens is 579 g/mol. The van der Waals surface area contributed by atoms with Crippen molar-refractivity contribution in [2.24, 2.45) is 5.73 Å². The highest BCUT2D eigenvalue weighted by Gasteiger charge is 2.24. The van der Waals surface area contributed by atoms with Crippen LogP contribution in [0.1, 0.15) is 72.2 Å². The molecule has 2 unspecified atom stereocenters. The van der Waals surface area contributed by atoms with Gasteiger partial charge in [0, 0.05) is 10.0 Å². The van der Waals surface area contributed by atoms with E-state index in [1.165, 1.54) is 0 Å². The molecule has 5 N–H and O–H groups in total. The number of nitrogens with two attached hydrogens (primary N) is 1. The van der Waals surface area contributed by atoms with Crippen LogP contribution in [0.15, 0.2) is 48.5 Å². The second kappa shape index (κ2) is 18.1. The molecule has 0 aromatic heterocycles. The molecule has 0 saturated carbocycles. The lowest BCUT2D eigenvalue weighted by atomic mass is 10.1. The van der Waals surface area contributed by atoms with Crippen molar-refractivity contribution in [3.63, 3.8) is 0 Å². The molecule has 0 radical (unpaired) electrons. The highest BCUT2D eigenvalue weighted by atomic mass is 35.5. The van der Waals surface area contributed by atoms with Crippen LogP contribution < -0.4 is 11.1 Å². The lowest BCUT2D eigenvalue weighted by Gasteiger charge is -2.20. The standard InChI is InChI=1S/C10H18O5.C9H10ClNO2.C8H8ClNO2.CH4/c1-9(2,3)14-7(11)13-8(12)15-10(4,5)6;1-11-8(9(12)13)6-2-4-7(10)5-3-6;9-6-3-1-5(2-4-6)7(10)8(11)12;/h1-6H3;2-5,8,11H,1H3,(H,12,13);1-4,7H,10H2,(H,11,12);1H4. The Morgan fingerprint density at radius 2 is 1.07 bits per heavy atom. The number of benzene rings is 2. The van der Waals surface area contributed by atoms with E-state index < -0.39 is 47.5 Å². The SMILES string of the molecule is C.CC(C)(C)OC(=O)OC(=O)OC(C)(C)C.CNC(C(=O)O)c1ccc(Cl)cc1.NC(C(=O)O)c1ccc(Cl)cc1. The summed E-state index contributed by atoms with van der Waals surface area (Å²) in [4.78, 5) is 43.2. The lowest BCUT2D eigenvalue weighted by Crippen LogP contribution is -2.29. The highest BCUT2D eigenvalue weighted by Crippen LogP contribution is 2.17. The molecule has 0 bridgehead atoms. The maximum absolute atomic E-state index is 11.0. The molecule has 13 heteroatoms. The van der Waals surface area contributed by atoms with Gasteiger partial charge in [-0.15, -0.1) is 0 Å². The number of nitrogens with one attached hydrogen (secondary N) is 1. The summed E-state index contributed by atoms with van der Waals surface area (Å²) in [6.45, 7) is 10.0. The predicted octanol–water partition coefficient (Wildman–Crippen LogP) is 6.62. The Morgan fingerprint density at radius 3 is 1.34 bits per heavy atom. The predicted molar refractivity (Wildman–Crippen MR) is 157 cm³/mol. The minimum Gasteiger partial charge on any atom is -0.480 e. The zero-order chi connectivity index (χ0) is 31.3. The molecule has 0 spiro atoms. The van der Waals surface area contributed by atoms with Gasteiger partial charge in [-0.05, 0) is 84.0 Å². The fraction of sp³-hybridized carbons (Fsp3) is 0.429. The molecular formula is C28H40Cl2N2O9. The Kier molecular flexibility index (Phi) is 17.6. The summed E-state index contributed by atoms with van der Waals surface area (Å²) in [6, 6.07) is 11.5. The summed E-state index contributed by atoms with van der Waals surface area (Å²) in [5.41, 5.74) is 5.20. The lowest BCUT2D eigenvalue weighted by molar-refractivity contribution is -0.140. The molecule has 0 fully saturated rings. The van der Waals surface area contributed by atoms with E-state index in [9.17, 15) is 19.2 Å². The van der Waals surface area contributed by atoms with Crippen molar-refractivity contribution in [2.75, 3.05) is 7.05 Å². The van der Waals surface area contributed by atoms with E-state index in [-0.39, 0.29) is 7.43 Å². The van der Waals surface area contributed by atoms with Gasteiger partial charge in [-0.2, -0.15) is 0 Å². The molecule has 2 aromatic rings. The molecule has 41 heavy (non-hydrogen) atoms. The summed E-state index contributed by atoms with van der Waals surface area (Å²) in [7, 11) is 1.60. The fourth-order valence-corrected chi connectivity index (χ4v) is 2.76. The van der Waals surface area contributed by atoms with Crippen molar-refractivity contribution in [1.82, 2.24) is 5.32 Å². The number of carboxylic acid groups (broad SMARTS) is 2. The van der Waals surface area contributed by atoms with Crippen molar-refractivity contribution in [3.05, 3.63) is 69.7 Å². The molecule has 2 aromatic carbocycles. The molecule has 0 aliphatic heterocycles. The van der Waals surface area contributed by atoms with E-state index in [2.05, 4.69) is 10.1 Å². The Hall–Kier alpha value is -3.38. The van der Waals surface area contributed by atoms with Crippen LogP contribution in [0.25, 0.3) is 0 Å². The maximum atomic E-state index is 11.0. The summed E-state index contributed by atoms with van der Waals surface area (Å²) < 4.78 is 13.8. The van der Waals surface area contributed by atoms with E-state index in [1.54, 1.807) is 97.1 Å². The Bertz CT molecular complexity index is 1090. The first-order valence-corrected chi connectivity index (χ1v) is 12.5. The van der Waals surface area contributed by atoms with Crippen molar-refractivity contribution in [1.29, 1.82) is 0 Å². The number of carboxylic acids is 2. The number of hydrogen-bond donors (Lipinski definition) is 4. The third kappa shape index (κ3) is 18.6. The quantitative estimate of drug-likeness (QED) is 0.209. The van der Waals surface area contributed by atoms with Gasteiger partial charge in [0.2, 0.25) is 0 Å². The van der Waals surface area contributed by atoms with Crippen molar-refractivity contribution >= 4 is 47.5 Å². The number of likely N-dealkylation sites (N-methyl/N-ethyl adjacent to an activating group) is 1. The van der Waals surface area contributed by atoms with E-state index in [0.29, 0.717) is 21.2 Å². The third-order valence-electron chi connectivity index (χ3n) is 4.18. The Balaban J connectivity index is 0. The van der Waals surface area contributed by atoms with Crippen LogP contribution in [0.2, 0.25) is 10.0 Å². The summed E-state index contributed by atoms with van der Waals surface area (Å²) >= 11 is 11.3. The van der Waals surface area contributed by atoms with Gasteiger partial charge in [0.25, 0.3) is 0 Å². The average Bonchev–Trinajstić information content (AvgIpc) is 2.79. The molecule has 2 rings (SSSR count). The van der Waals surface area contributed by atoms with E-state index in [0.717, 1.165) is 0 Å². The zero-order valence-corrected chi connectivity index (χ0v) is 24.9. The monoisotopic (exact) mass is 618 g/mol. The number of hydrogen-bond acceptors (Lipinski definition) is 9. The van der Waals surface area contributed by atoms with Crippen LogP contribution in [0.4, 0.5) is 9.59 Å². The van der Waals surface area contributed by atoms with Gasteiger partial charge in [-0.3, -0.25) is 9.59 Å².